The van der Waals surface area contributed by atoms with Crippen molar-refractivity contribution in [2.45, 2.75) is 79.1 Å². The van der Waals surface area contributed by atoms with E-state index in [1.54, 1.807) is 11.3 Å². The normalized spacial score (nSPS) is 17.2. The van der Waals surface area contributed by atoms with E-state index in [9.17, 15) is 10.1 Å². The SMILES string of the molecule is CCCCCCC(=O)Nc1sc2c(c1C#N)CCC(C(C)(C)C)C2. The third-order valence-corrected chi connectivity index (χ3v) is 6.28. The van der Waals surface area contributed by atoms with Crippen LogP contribution in [0.2, 0.25) is 0 Å². The van der Waals surface area contributed by atoms with E-state index in [4.69, 9.17) is 0 Å². The molecule has 132 valence electrons. The van der Waals surface area contributed by atoms with E-state index in [1.165, 1.54) is 23.3 Å². The molecule has 0 aliphatic heterocycles. The smallest absolute Gasteiger partial charge is 0.225 e. The van der Waals surface area contributed by atoms with Gasteiger partial charge in [-0.05, 0) is 42.6 Å². The van der Waals surface area contributed by atoms with Gasteiger partial charge in [0.25, 0.3) is 0 Å². The Morgan fingerprint density at radius 1 is 1.33 bits per heavy atom. The number of nitrogens with zero attached hydrogens (tertiary/aromatic N) is 1. The lowest BCUT2D eigenvalue weighted by molar-refractivity contribution is -0.116. The standard InChI is InChI=1S/C20H30N2OS/c1-5-6-7-8-9-18(23)22-19-16(13-21)15-11-10-14(20(2,3)4)12-17(15)24-19/h14H,5-12H2,1-4H3,(H,22,23). The van der Waals surface area contributed by atoms with E-state index < -0.39 is 0 Å². The van der Waals surface area contributed by atoms with E-state index in [1.807, 2.05) is 0 Å². The Morgan fingerprint density at radius 3 is 2.71 bits per heavy atom. The zero-order chi connectivity index (χ0) is 17.7. The Bertz CT molecular complexity index is 619. The molecule has 0 fully saturated rings. The van der Waals surface area contributed by atoms with Crippen LogP contribution >= 0.6 is 11.3 Å². The van der Waals surface area contributed by atoms with Crippen LogP contribution in [-0.2, 0) is 17.6 Å². The average molecular weight is 347 g/mol. The number of anilines is 1. The maximum atomic E-state index is 12.2. The Morgan fingerprint density at radius 2 is 2.08 bits per heavy atom. The molecule has 0 bridgehead atoms. The molecule has 1 amide bonds. The van der Waals surface area contributed by atoms with Crippen molar-refractivity contribution < 1.29 is 4.79 Å². The molecule has 1 aliphatic rings. The largest absolute Gasteiger partial charge is 0.317 e. The minimum atomic E-state index is 0.0496. The van der Waals surface area contributed by atoms with Gasteiger partial charge in [0.2, 0.25) is 5.91 Å². The summed E-state index contributed by atoms with van der Waals surface area (Å²) in [7, 11) is 0. The summed E-state index contributed by atoms with van der Waals surface area (Å²) in [4.78, 5) is 13.5. The van der Waals surface area contributed by atoms with Gasteiger partial charge in [-0.3, -0.25) is 4.79 Å². The summed E-state index contributed by atoms with van der Waals surface area (Å²) in [5, 5.41) is 13.3. The second-order valence-corrected chi connectivity index (χ2v) is 9.09. The van der Waals surface area contributed by atoms with Gasteiger partial charge < -0.3 is 5.32 Å². The lowest BCUT2D eigenvalue weighted by Crippen LogP contribution is -2.26. The molecule has 1 N–H and O–H groups in total. The van der Waals surface area contributed by atoms with E-state index in [2.05, 4.69) is 39.1 Å². The Labute approximate surface area is 150 Å². The highest BCUT2D eigenvalue weighted by molar-refractivity contribution is 7.16. The highest BCUT2D eigenvalue weighted by Crippen LogP contribution is 2.43. The molecule has 1 aliphatic carbocycles. The van der Waals surface area contributed by atoms with Crippen LogP contribution < -0.4 is 5.32 Å². The monoisotopic (exact) mass is 346 g/mol. The molecule has 1 heterocycles. The highest BCUT2D eigenvalue weighted by Gasteiger charge is 2.32. The first-order valence-electron chi connectivity index (χ1n) is 9.21. The molecule has 3 nitrogen and oxygen atoms in total. The number of carbonyl (C=O) groups excluding carboxylic acids is 1. The van der Waals surface area contributed by atoms with Gasteiger partial charge in [-0.15, -0.1) is 11.3 Å². The predicted octanol–water partition coefficient (Wildman–Crippen LogP) is 5.68. The fourth-order valence-corrected chi connectivity index (χ4v) is 4.73. The van der Waals surface area contributed by atoms with Gasteiger partial charge in [0.1, 0.15) is 11.1 Å². The number of amides is 1. The predicted molar refractivity (Wildman–Crippen MR) is 101 cm³/mol. The Kier molecular flexibility index (Phi) is 6.46. The minimum Gasteiger partial charge on any atom is -0.317 e. The van der Waals surface area contributed by atoms with Gasteiger partial charge in [0.05, 0.1) is 5.56 Å². The number of hydrogen-bond donors (Lipinski definition) is 1. The molecule has 0 aromatic carbocycles. The van der Waals surface area contributed by atoms with Crippen LogP contribution in [0.15, 0.2) is 0 Å². The van der Waals surface area contributed by atoms with Gasteiger partial charge in [0.15, 0.2) is 0 Å². The van der Waals surface area contributed by atoms with Gasteiger partial charge >= 0.3 is 0 Å². The van der Waals surface area contributed by atoms with Crippen molar-refractivity contribution in [1.29, 1.82) is 5.26 Å². The van der Waals surface area contributed by atoms with Crippen molar-refractivity contribution in [1.82, 2.24) is 0 Å². The van der Waals surface area contributed by atoms with Crippen LogP contribution in [-0.4, -0.2) is 5.91 Å². The van der Waals surface area contributed by atoms with Crippen molar-refractivity contribution in [2.24, 2.45) is 11.3 Å². The summed E-state index contributed by atoms with van der Waals surface area (Å²) >= 11 is 1.62. The molecule has 2 rings (SSSR count). The summed E-state index contributed by atoms with van der Waals surface area (Å²) in [5.74, 6) is 0.696. The van der Waals surface area contributed by atoms with Crippen LogP contribution in [0.4, 0.5) is 5.00 Å². The number of rotatable bonds is 6. The second-order valence-electron chi connectivity index (χ2n) is 7.98. The molecule has 24 heavy (non-hydrogen) atoms. The van der Waals surface area contributed by atoms with Crippen LogP contribution in [0.25, 0.3) is 0 Å². The third-order valence-electron chi connectivity index (χ3n) is 5.11. The molecule has 1 aromatic heterocycles. The highest BCUT2D eigenvalue weighted by atomic mass is 32.1. The summed E-state index contributed by atoms with van der Waals surface area (Å²) < 4.78 is 0. The molecule has 0 saturated carbocycles. The van der Waals surface area contributed by atoms with Gasteiger partial charge in [-0.2, -0.15) is 5.26 Å². The Balaban J connectivity index is 2.06. The number of nitrogens with one attached hydrogen (secondary N) is 1. The van der Waals surface area contributed by atoms with E-state index >= 15 is 0 Å². The molecule has 0 saturated heterocycles. The molecule has 4 heteroatoms. The van der Waals surface area contributed by atoms with Crippen LogP contribution in [0.1, 0.15) is 82.2 Å². The maximum absolute atomic E-state index is 12.2. The van der Waals surface area contributed by atoms with E-state index in [-0.39, 0.29) is 11.3 Å². The van der Waals surface area contributed by atoms with Crippen LogP contribution in [0, 0.1) is 22.7 Å². The third kappa shape index (κ3) is 4.60. The number of nitriles is 1. The van der Waals surface area contributed by atoms with Crippen LogP contribution in [0.3, 0.4) is 0 Å². The molecular weight excluding hydrogens is 316 g/mol. The fourth-order valence-electron chi connectivity index (χ4n) is 3.43. The van der Waals surface area contributed by atoms with E-state index in [0.717, 1.165) is 37.1 Å². The second kappa shape index (κ2) is 8.16. The quantitative estimate of drug-likeness (QED) is 0.674. The number of hydrogen-bond acceptors (Lipinski definition) is 3. The first-order chi connectivity index (χ1) is 11.4. The lowest BCUT2D eigenvalue weighted by atomic mass is 9.72. The maximum Gasteiger partial charge on any atom is 0.225 e. The van der Waals surface area contributed by atoms with Crippen molar-refractivity contribution in [3.8, 4) is 6.07 Å². The molecule has 0 radical (unpaired) electrons. The molecule has 1 unspecified atom stereocenters. The number of unbranched alkanes of at least 4 members (excludes halogenated alkanes) is 3. The average Bonchev–Trinajstić information content (AvgIpc) is 2.86. The van der Waals surface area contributed by atoms with Crippen molar-refractivity contribution in [2.75, 3.05) is 5.32 Å². The van der Waals surface area contributed by atoms with Gasteiger partial charge in [-0.1, -0.05) is 47.0 Å². The summed E-state index contributed by atoms with van der Waals surface area (Å²) in [5.41, 5.74) is 2.19. The zero-order valence-electron chi connectivity index (χ0n) is 15.5. The van der Waals surface area contributed by atoms with Crippen molar-refractivity contribution in [3.05, 3.63) is 16.0 Å². The number of fused-ring (bicyclic) bond motifs is 1. The first-order valence-corrected chi connectivity index (χ1v) is 10.0. The first kappa shape index (κ1) is 19.0. The molecule has 1 aromatic rings. The lowest BCUT2D eigenvalue weighted by Gasteiger charge is -2.33. The van der Waals surface area contributed by atoms with Crippen LogP contribution in [0.5, 0.6) is 0 Å². The fraction of sp³-hybridized carbons (Fsp3) is 0.700. The number of thiophene rings is 1. The minimum absolute atomic E-state index is 0.0496. The summed E-state index contributed by atoms with van der Waals surface area (Å²) in [6.07, 6.45) is 8.06. The Hall–Kier alpha value is -1.34. The summed E-state index contributed by atoms with van der Waals surface area (Å²) in [6.45, 7) is 9.04. The van der Waals surface area contributed by atoms with Crippen molar-refractivity contribution >= 4 is 22.2 Å². The van der Waals surface area contributed by atoms with Gasteiger partial charge in [-0.25, -0.2) is 0 Å². The zero-order valence-corrected chi connectivity index (χ0v) is 16.3. The molecular formula is C20H30N2OS. The summed E-state index contributed by atoms with van der Waals surface area (Å²) in [6, 6.07) is 2.33. The van der Waals surface area contributed by atoms with Crippen molar-refractivity contribution in [3.63, 3.8) is 0 Å². The molecule has 1 atom stereocenters. The van der Waals surface area contributed by atoms with E-state index in [0.29, 0.717) is 17.9 Å². The topological polar surface area (TPSA) is 52.9 Å². The number of carbonyl (C=O) groups is 1. The molecule has 0 spiro atoms. The van der Waals surface area contributed by atoms with Gasteiger partial charge in [0, 0.05) is 11.3 Å².